The fraction of sp³-hybridized carbons (Fsp3) is 0.667. The second-order valence-electron chi connectivity index (χ2n) is 4.25. The molecule has 13 heavy (non-hydrogen) atoms. The molecule has 0 amide bonds. The number of aldehydes is 1. The summed E-state index contributed by atoms with van der Waals surface area (Å²) in [5, 5.41) is 15.7. The third-order valence-corrected chi connectivity index (χ3v) is 2.35. The molecule has 1 aliphatic rings. The molecule has 0 aromatic rings. The van der Waals surface area contributed by atoms with Gasteiger partial charge in [0.1, 0.15) is 11.9 Å². The molecule has 1 aliphatic heterocycles. The van der Waals surface area contributed by atoms with Crippen LogP contribution in [-0.2, 0) is 10.0 Å². The van der Waals surface area contributed by atoms with E-state index in [2.05, 4.69) is 5.32 Å². The van der Waals surface area contributed by atoms with Gasteiger partial charge in [-0.05, 0) is 33.8 Å². The predicted molar refractivity (Wildman–Crippen MR) is 48.0 cm³/mol. The van der Waals surface area contributed by atoms with E-state index in [1.54, 1.807) is 27.7 Å². The number of rotatable bonds is 1. The second kappa shape index (κ2) is 2.82. The first-order chi connectivity index (χ1) is 5.82. The number of nitrogens with zero attached hydrogens (tertiary/aromatic N) is 1. The Bertz CT molecular complexity index is 256. The number of allylic oxidation sites excluding steroid dienone is 1. The van der Waals surface area contributed by atoms with Gasteiger partial charge in [-0.2, -0.15) is 0 Å². The highest BCUT2D eigenvalue weighted by molar-refractivity contribution is 5.67. The van der Waals surface area contributed by atoms with Crippen LogP contribution in [0.3, 0.4) is 0 Å². The van der Waals surface area contributed by atoms with Crippen LogP contribution in [0.15, 0.2) is 11.8 Å². The molecule has 1 radical (unpaired) electrons. The van der Waals surface area contributed by atoms with Crippen molar-refractivity contribution in [2.24, 2.45) is 0 Å². The molecule has 1 saturated heterocycles. The monoisotopic (exact) mass is 183 g/mol. The lowest BCUT2D eigenvalue weighted by atomic mass is 10.0. The Labute approximate surface area is 78.2 Å². The van der Waals surface area contributed by atoms with E-state index in [9.17, 15) is 10.0 Å². The van der Waals surface area contributed by atoms with E-state index < -0.39 is 11.2 Å². The van der Waals surface area contributed by atoms with Gasteiger partial charge in [-0.15, -0.1) is 10.3 Å². The Balaban J connectivity index is 3.07. The van der Waals surface area contributed by atoms with Crippen LogP contribution < -0.4 is 5.32 Å². The fourth-order valence-corrected chi connectivity index (χ4v) is 1.66. The molecule has 0 aromatic carbocycles. The van der Waals surface area contributed by atoms with Gasteiger partial charge < -0.3 is 5.32 Å². The van der Waals surface area contributed by atoms with Crippen LogP contribution in [-0.4, -0.2) is 22.6 Å². The average Bonchev–Trinajstić information content (AvgIpc) is 2.14. The van der Waals surface area contributed by atoms with E-state index in [0.717, 1.165) is 5.06 Å². The zero-order chi connectivity index (χ0) is 10.3. The maximum absolute atomic E-state index is 11.7. The van der Waals surface area contributed by atoms with Crippen molar-refractivity contribution in [2.45, 2.75) is 38.9 Å². The van der Waals surface area contributed by atoms with Crippen LogP contribution in [0.4, 0.5) is 0 Å². The molecule has 1 fully saturated rings. The van der Waals surface area contributed by atoms with E-state index in [0.29, 0.717) is 12.0 Å². The molecule has 0 atom stereocenters. The topological polar surface area (TPSA) is 52.2 Å². The van der Waals surface area contributed by atoms with E-state index in [4.69, 9.17) is 0 Å². The van der Waals surface area contributed by atoms with Gasteiger partial charge in [-0.1, -0.05) is 0 Å². The summed E-state index contributed by atoms with van der Waals surface area (Å²) in [6.45, 7) is 7.15. The lowest BCUT2D eigenvalue weighted by molar-refractivity contribution is -0.243. The standard InChI is InChI=1S/C9H15N2O2/c1-8(2)7(5-6-12)10-9(3,4)11(8)13/h5-6,10H,1-4H3/b7-5-. The van der Waals surface area contributed by atoms with Crippen LogP contribution in [0.1, 0.15) is 27.7 Å². The molecule has 0 bridgehead atoms. The molecule has 0 saturated carbocycles. The van der Waals surface area contributed by atoms with Gasteiger partial charge >= 0.3 is 0 Å². The van der Waals surface area contributed by atoms with E-state index in [-0.39, 0.29) is 0 Å². The first-order valence-electron chi connectivity index (χ1n) is 4.24. The van der Waals surface area contributed by atoms with E-state index >= 15 is 0 Å². The minimum absolute atomic E-state index is 0.641. The molecule has 0 aromatic heterocycles. The van der Waals surface area contributed by atoms with Crippen LogP contribution in [0, 0.1) is 0 Å². The summed E-state index contributed by atoms with van der Waals surface area (Å²) in [6, 6.07) is 0. The van der Waals surface area contributed by atoms with Gasteiger partial charge in [0.15, 0.2) is 0 Å². The van der Waals surface area contributed by atoms with Crippen LogP contribution in [0.5, 0.6) is 0 Å². The van der Waals surface area contributed by atoms with Crippen LogP contribution >= 0.6 is 0 Å². The molecule has 1 N–H and O–H groups in total. The Kier molecular flexibility index (Phi) is 2.21. The molecule has 0 unspecified atom stereocenters. The average molecular weight is 183 g/mol. The number of hydrogen-bond donors (Lipinski definition) is 1. The maximum atomic E-state index is 11.7. The van der Waals surface area contributed by atoms with Gasteiger partial charge in [0.2, 0.25) is 0 Å². The summed E-state index contributed by atoms with van der Waals surface area (Å²) in [5.41, 5.74) is -0.620. The summed E-state index contributed by atoms with van der Waals surface area (Å²) < 4.78 is 0. The van der Waals surface area contributed by atoms with Crippen molar-refractivity contribution < 1.29 is 10.0 Å². The minimum atomic E-state index is -0.648. The van der Waals surface area contributed by atoms with Crippen LogP contribution in [0.2, 0.25) is 0 Å². The molecule has 1 heterocycles. The zero-order valence-electron chi connectivity index (χ0n) is 8.42. The van der Waals surface area contributed by atoms with Crippen molar-refractivity contribution in [2.75, 3.05) is 0 Å². The highest BCUT2D eigenvalue weighted by Crippen LogP contribution is 2.34. The quantitative estimate of drug-likeness (QED) is 0.484. The normalized spacial score (nSPS) is 28.8. The number of carbonyl (C=O) groups excluding carboxylic acids is 1. The maximum Gasteiger partial charge on any atom is 0.144 e. The smallest absolute Gasteiger partial charge is 0.144 e. The first kappa shape index (κ1) is 10.2. The first-order valence-corrected chi connectivity index (χ1v) is 4.24. The predicted octanol–water partition coefficient (Wildman–Crippen LogP) is 0.835. The second-order valence-corrected chi connectivity index (χ2v) is 4.25. The van der Waals surface area contributed by atoms with E-state index in [1.807, 2.05) is 0 Å². The lowest BCUT2D eigenvalue weighted by Gasteiger charge is -2.29. The van der Waals surface area contributed by atoms with Crippen molar-refractivity contribution in [1.82, 2.24) is 10.4 Å². The Morgan fingerprint density at radius 2 is 1.85 bits per heavy atom. The molecule has 0 spiro atoms. The molecule has 73 valence electrons. The van der Waals surface area contributed by atoms with Crippen molar-refractivity contribution >= 4 is 6.29 Å². The highest BCUT2D eigenvalue weighted by atomic mass is 16.5. The molecular weight excluding hydrogens is 168 g/mol. The summed E-state index contributed by atoms with van der Waals surface area (Å²) >= 11 is 0. The molecule has 0 aliphatic carbocycles. The summed E-state index contributed by atoms with van der Waals surface area (Å²) in [4.78, 5) is 10.3. The summed E-state index contributed by atoms with van der Waals surface area (Å²) in [7, 11) is 0. The van der Waals surface area contributed by atoms with Gasteiger partial charge in [0.05, 0.1) is 5.54 Å². The lowest BCUT2D eigenvalue weighted by Crippen LogP contribution is -2.47. The number of hydroxylamine groups is 2. The SMILES string of the molecule is CC1(C)N/C(=C\C=O)C(C)(C)N1[O]. The number of hydrogen-bond acceptors (Lipinski definition) is 3. The molecular formula is C9H15N2O2. The highest BCUT2D eigenvalue weighted by Gasteiger charge is 2.48. The summed E-state index contributed by atoms with van der Waals surface area (Å²) in [5.74, 6) is 0. The Morgan fingerprint density at radius 3 is 2.15 bits per heavy atom. The largest absolute Gasteiger partial charge is 0.367 e. The fourth-order valence-electron chi connectivity index (χ4n) is 1.66. The number of carbonyl (C=O) groups is 1. The van der Waals surface area contributed by atoms with Gasteiger partial charge in [-0.3, -0.25) is 4.79 Å². The minimum Gasteiger partial charge on any atom is -0.367 e. The van der Waals surface area contributed by atoms with Crippen molar-refractivity contribution in [3.63, 3.8) is 0 Å². The molecule has 4 heteroatoms. The van der Waals surface area contributed by atoms with Crippen molar-refractivity contribution in [3.05, 3.63) is 11.8 Å². The Hall–Kier alpha value is -0.870. The van der Waals surface area contributed by atoms with Gasteiger partial charge in [0, 0.05) is 5.70 Å². The van der Waals surface area contributed by atoms with Crippen molar-refractivity contribution in [1.29, 1.82) is 0 Å². The van der Waals surface area contributed by atoms with Crippen LogP contribution in [0.25, 0.3) is 0 Å². The van der Waals surface area contributed by atoms with E-state index in [1.165, 1.54) is 6.08 Å². The third kappa shape index (κ3) is 1.47. The molecule has 4 nitrogen and oxygen atoms in total. The molecule has 1 rings (SSSR count). The van der Waals surface area contributed by atoms with Gasteiger partial charge in [-0.25, -0.2) is 0 Å². The Morgan fingerprint density at radius 1 is 1.31 bits per heavy atom. The number of nitrogens with one attached hydrogen (secondary N) is 1. The van der Waals surface area contributed by atoms with Crippen molar-refractivity contribution in [3.8, 4) is 0 Å². The van der Waals surface area contributed by atoms with Gasteiger partial charge in [0.25, 0.3) is 0 Å². The zero-order valence-corrected chi connectivity index (χ0v) is 8.42. The summed E-state index contributed by atoms with van der Waals surface area (Å²) in [6.07, 6.45) is 2.10. The third-order valence-electron chi connectivity index (χ3n) is 2.35.